The lowest BCUT2D eigenvalue weighted by molar-refractivity contribution is -0.132. The quantitative estimate of drug-likeness (QED) is 0.130. The number of hydrogen-bond donors (Lipinski definition) is 1. The van der Waals surface area contributed by atoms with Crippen LogP contribution in [0, 0.1) is 0 Å². The summed E-state index contributed by atoms with van der Waals surface area (Å²) in [5.74, 6) is -1.37. The van der Waals surface area contributed by atoms with Crippen molar-refractivity contribution in [3.05, 3.63) is 89.0 Å². The second kappa shape index (κ2) is 11.2. The van der Waals surface area contributed by atoms with Gasteiger partial charge >= 0.3 is 11.9 Å². The average molecular weight is 559 g/mol. The standard InChI is InChI=1S/C30H26N2O7S/c1-4-38-20-8-6-7-19(15-20)26(33)24-25(17-9-11-18(12-10-17)29(36)37-3)32(28(35)27(24)34)30-31-22-14-13-21(39-5-2)16-23(22)40-30/h6-16,25,33H,4-5H2,1-3H3/b26-24+. The Morgan fingerprint density at radius 3 is 2.33 bits per heavy atom. The molecule has 10 heteroatoms. The number of anilines is 1. The maximum Gasteiger partial charge on any atom is 0.337 e. The van der Waals surface area contributed by atoms with Crippen molar-refractivity contribution in [2.24, 2.45) is 0 Å². The van der Waals surface area contributed by atoms with Crippen molar-refractivity contribution in [1.29, 1.82) is 0 Å². The van der Waals surface area contributed by atoms with Gasteiger partial charge in [0.15, 0.2) is 5.13 Å². The van der Waals surface area contributed by atoms with Crippen molar-refractivity contribution in [1.82, 2.24) is 4.98 Å². The molecule has 9 nitrogen and oxygen atoms in total. The molecular weight excluding hydrogens is 532 g/mol. The minimum Gasteiger partial charge on any atom is -0.507 e. The van der Waals surface area contributed by atoms with E-state index in [2.05, 4.69) is 4.98 Å². The van der Waals surface area contributed by atoms with Gasteiger partial charge in [-0.1, -0.05) is 35.6 Å². The predicted molar refractivity (Wildman–Crippen MR) is 151 cm³/mol. The molecule has 3 aromatic carbocycles. The minimum absolute atomic E-state index is 0.0984. The van der Waals surface area contributed by atoms with Gasteiger partial charge in [0.05, 0.1) is 47.7 Å². The molecule has 1 saturated heterocycles. The third-order valence-corrected chi connectivity index (χ3v) is 7.39. The number of nitrogens with zero attached hydrogens (tertiary/aromatic N) is 2. The topological polar surface area (TPSA) is 115 Å². The average Bonchev–Trinajstić information content (AvgIpc) is 3.50. The molecule has 1 amide bonds. The first-order valence-corrected chi connectivity index (χ1v) is 13.4. The number of ketones is 1. The van der Waals surface area contributed by atoms with Gasteiger partial charge in [-0.3, -0.25) is 14.5 Å². The van der Waals surface area contributed by atoms with Gasteiger partial charge in [0.2, 0.25) is 0 Å². The Labute approximate surface area is 234 Å². The van der Waals surface area contributed by atoms with Crippen LogP contribution in [0.15, 0.2) is 72.3 Å². The lowest BCUT2D eigenvalue weighted by Crippen LogP contribution is -2.29. The van der Waals surface area contributed by atoms with E-state index in [0.717, 1.165) is 4.70 Å². The van der Waals surface area contributed by atoms with Crippen LogP contribution < -0.4 is 14.4 Å². The number of benzene rings is 3. The molecule has 0 radical (unpaired) electrons. The first-order chi connectivity index (χ1) is 19.4. The summed E-state index contributed by atoms with van der Waals surface area (Å²) in [7, 11) is 1.28. The Morgan fingerprint density at radius 1 is 0.950 bits per heavy atom. The zero-order chi connectivity index (χ0) is 28.4. The van der Waals surface area contributed by atoms with E-state index < -0.39 is 23.7 Å². The zero-order valence-electron chi connectivity index (χ0n) is 22.0. The summed E-state index contributed by atoms with van der Waals surface area (Å²) in [6.07, 6.45) is 0. The fourth-order valence-electron chi connectivity index (χ4n) is 4.57. The van der Waals surface area contributed by atoms with Crippen LogP contribution in [0.25, 0.3) is 16.0 Å². The number of aliphatic hydroxyl groups is 1. The van der Waals surface area contributed by atoms with E-state index in [1.54, 1.807) is 60.7 Å². The van der Waals surface area contributed by atoms with Gasteiger partial charge in [0, 0.05) is 5.56 Å². The van der Waals surface area contributed by atoms with E-state index in [-0.39, 0.29) is 16.5 Å². The van der Waals surface area contributed by atoms with Crippen LogP contribution in [0.2, 0.25) is 0 Å². The number of thiazole rings is 1. The lowest BCUT2D eigenvalue weighted by Gasteiger charge is -2.23. The van der Waals surface area contributed by atoms with E-state index in [0.29, 0.717) is 46.9 Å². The molecule has 0 saturated carbocycles. The maximum absolute atomic E-state index is 13.5. The van der Waals surface area contributed by atoms with Crippen molar-refractivity contribution < 1.29 is 33.7 Å². The molecule has 1 N–H and O–H groups in total. The number of ether oxygens (including phenoxy) is 3. The molecule has 1 aliphatic heterocycles. The van der Waals surface area contributed by atoms with Gasteiger partial charge in [0.25, 0.3) is 5.78 Å². The second-order valence-electron chi connectivity index (χ2n) is 8.80. The highest BCUT2D eigenvalue weighted by molar-refractivity contribution is 7.22. The summed E-state index contributed by atoms with van der Waals surface area (Å²) in [5.41, 5.74) is 1.67. The van der Waals surface area contributed by atoms with Crippen LogP contribution in [0.3, 0.4) is 0 Å². The number of aliphatic hydroxyl groups excluding tert-OH is 1. The van der Waals surface area contributed by atoms with Crippen LogP contribution >= 0.6 is 11.3 Å². The Kier molecular flexibility index (Phi) is 7.52. The first-order valence-electron chi connectivity index (χ1n) is 12.6. The number of fused-ring (bicyclic) bond motifs is 1. The number of carbonyl (C=O) groups is 3. The lowest BCUT2D eigenvalue weighted by atomic mass is 9.94. The first kappa shape index (κ1) is 26.9. The monoisotopic (exact) mass is 558 g/mol. The Bertz CT molecular complexity index is 1640. The number of carbonyl (C=O) groups excluding carboxylic acids is 3. The largest absolute Gasteiger partial charge is 0.507 e. The highest BCUT2D eigenvalue weighted by Gasteiger charge is 2.48. The van der Waals surface area contributed by atoms with Crippen molar-refractivity contribution in [3.63, 3.8) is 0 Å². The molecule has 4 aromatic rings. The maximum atomic E-state index is 13.5. The van der Waals surface area contributed by atoms with E-state index in [9.17, 15) is 19.5 Å². The molecule has 1 aromatic heterocycles. The second-order valence-corrected chi connectivity index (χ2v) is 9.81. The van der Waals surface area contributed by atoms with Crippen molar-refractivity contribution in [2.75, 3.05) is 25.2 Å². The molecule has 0 aliphatic carbocycles. The van der Waals surface area contributed by atoms with Crippen molar-refractivity contribution in [3.8, 4) is 11.5 Å². The fourth-order valence-corrected chi connectivity index (χ4v) is 5.59. The molecule has 1 fully saturated rings. The summed E-state index contributed by atoms with van der Waals surface area (Å²) in [4.78, 5) is 45.0. The van der Waals surface area contributed by atoms with Gasteiger partial charge in [-0.2, -0.15) is 0 Å². The van der Waals surface area contributed by atoms with Crippen LogP contribution in [-0.2, 0) is 14.3 Å². The summed E-state index contributed by atoms with van der Waals surface area (Å²) < 4.78 is 16.7. The summed E-state index contributed by atoms with van der Waals surface area (Å²) in [6.45, 7) is 4.64. The smallest absolute Gasteiger partial charge is 0.337 e. The predicted octanol–water partition coefficient (Wildman–Crippen LogP) is 5.51. The number of aromatic nitrogens is 1. The molecular formula is C30H26N2O7S. The Morgan fingerprint density at radius 2 is 1.65 bits per heavy atom. The molecule has 204 valence electrons. The van der Waals surface area contributed by atoms with E-state index >= 15 is 0 Å². The number of Topliss-reactive ketones (excluding diaryl/α,β-unsaturated/α-hetero) is 1. The third-order valence-electron chi connectivity index (χ3n) is 6.38. The molecule has 40 heavy (non-hydrogen) atoms. The van der Waals surface area contributed by atoms with Crippen molar-refractivity contribution >= 4 is 50.1 Å². The molecule has 1 aliphatic rings. The van der Waals surface area contributed by atoms with Crippen LogP contribution in [-0.4, -0.2) is 48.1 Å². The van der Waals surface area contributed by atoms with Gasteiger partial charge in [0.1, 0.15) is 17.3 Å². The normalized spacial score (nSPS) is 16.4. The molecule has 0 bridgehead atoms. The minimum atomic E-state index is -1.01. The number of methoxy groups -OCH3 is 1. The van der Waals surface area contributed by atoms with Crippen LogP contribution in [0.1, 0.15) is 41.4 Å². The van der Waals surface area contributed by atoms with Crippen LogP contribution in [0.4, 0.5) is 5.13 Å². The molecule has 5 rings (SSSR count). The van der Waals surface area contributed by atoms with E-state index in [1.165, 1.54) is 23.3 Å². The number of rotatable bonds is 8. The SMILES string of the molecule is CCOc1cccc(/C(O)=C2\C(=O)C(=O)N(c3nc4ccc(OCC)cc4s3)C2c2ccc(C(=O)OC)cc2)c1. The van der Waals surface area contributed by atoms with Gasteiger partial charge in [-0.05, 0) is 61.9 Å². The van der Waals surface area contributed by atoms with E-state index in [1.807, 2.05) is 19.9 Å². The highest BCUT2D eigenvalue weighted by atomic mass is 32.1. The Hall–Kier alpha value is -4.70. The summed E-state index contributed by atoms with van der Waals surface area (Å²) in [5, 5.41) is 11.7. The fraction of sp³-hybridized carbons (Fsp3) is 0.200. The van der Waals surface area contributed by atoms with Crippen molar-refractivity contribution in [2.45, 2.75) is 19.9 Å². The number of esters is 1. The van der Waals surface area contributed by atoms with Gasteiger partial charge in [-0.15, -0.1) is 0 Å². The highest BCUT2D eigenvalue weighted by Crippen LogP contribution is 2.45. The summed E-state index contributed by atoms with van der Waals surface area (Å²) >= 11 is 1.23. The zero-order valence-corrected chi connectivity index (χ0v) is 22.9. The van der Waals surface area contributed by atoms with E-state index in [4.69, 9.17) is 14.2 Å². The molecule has 1 unspecified atom stereocenters. The van der Waals surface area contributed by atoms with Gasteiger partial charge in [-0.25, -0.2) is 9.78 Å². The van der Waals surface area contributed by atoms with Gasteiger partial charge < -0.3 is 19.3 Å². The Balaban J connectivity index is 1.68. The number of amides is 1. The third kappa shape index (κ3) is 4.89. The summed E-state index contributed by atoms with van der Waals surface area (Å²) in [6, 6.07) is 17.4. The molecule has 0 spiro atoms. The molecule has 2 heterocycles. The van der Waals surface area contributed by atoms with Crippen LogP contribution in [0.5, 0.6) is 11.5 Å². The molecule has 1 atom stereocenters. The number of hydrogen-bond acceptors (Lipinski definition) is 9.